The fraction of sp³-hybridized carbons (Fsp3) is 0.769. The molecule has 5 heteroatoms. The number of nitrogens with two attached hydrogens (primary N) is 1. The molecule has 0 amide bonds. The van der Waals surface area contributed by atoms with E-state index in [0.29, 0.717) is 0 Å². The summed E-state index contributed by atoms with van der Waals surface area (Å²) in [6, 6.07) is 0.0520. The van der Waals surface area contributed by atoms with E-state index in [1.807, 2.05) is 6.92 Å². The summed E-state index contributed by atoms with van der Waals surface area (Å²) in [6.45, 7) is 6.15. The van der Waals surface area contributed by atoms with Crippen molar-refractivity contribution >= 4 is 11.3 Å². The van der Waals surface area contributed by atoms with Crippen LogP contribution in [0.2, 0.25) is 0 Å². The van der Waals surface area contributed by atoms with Gasteiger partial charge in [-0.2, -0.15) is 0 Å². The second-order valence-corrected chi connectivity index (χ2v) is 6.03. The van der Waals surface area contributed by atoms with Gasteiger partial charge in [-0.15, -0.1) is 11.3 Å². The number of likely N-dealkylation sites (tertiary alicyclic amines) is 1. The molecule has 1 unspecified atom stereocenters. The van der Waals surface area contributed by atoms with Crippen molar-refractivity contribution in [2.45, 2.75) is 32.4 Å². The van der Waals surface area contributed by atoms with E-state index < -0.39 is 0 Å². The maximum Gasteiger partial charge on any atom is 0.109 e. The summed E-state index contributed by atoms with van der Waals surface area (Å²) in [4.78, 5) is 7.06. The van der Waals surface area contributed by atoms with Gasteiger partial charge in [0.05, 0.1) is 11.7 Å². The van der Waals surface area contributed by atoms with E-state index in [2.05, 4.69) is 15.3 Å². The first-order valence-corrected chi connectivity index (χ1v) is 7.48. The zero-order chi connectivity index (χ0) is 13.0. The molecule has 1 aromatic heterocycles. The molecular formula is C13H23N3OS. The average Bonchev–Trinajstić information content (AvgIpc) is 2.81. The lowest BCUT2D eigenvalue weighted by molar-refractivity contribution is 0.0964. The Kier molecular flexibility index (Phi) is 5.12. The van der Waals surface area contributed by atoms with Crippen molar-refractivity contribution < 1.29 is 4.74 Å². The van der Waals surface area contributed by atoms with Gasteiger partial charge in [0, 0.05) is 25.6 Å². The van der Waals surface area contributed by atoms with Crippen LogP contribution in [0.1, 0.15) is 36.5 Å². The minimum atomic E-state index is 0.0520. The van der Waals surface area contributed by atoms with E-state index in [0.717, 1.165) is 42.9 Å². The van der Waals surface area contributed by atoms with E-state index in [1.54, 1.807) is 18.4 Å². The van der Waals surface area contributed by atoms with E-state index >= 15 is 0 Å². The number of hydrogen-bond donors (Lipinski definition) is 1. The van der Waals surface area contributed by atoms with Crippen molar-refractivity contribution in [3.8, 4) is 0 Å². The fourth-order valence-corrected chi connectivity index (χ4v) is 3.15. The highest BCUT2D eigenvalue weighted by atomic mass is 32.1. The molecule has 0 aliphatic carbocycles. The summed E-state index contributed by atoms with van der Waals surface area (Å²) >= 11 is 1.67. The molecule has 2 N–H and O–H groups in total. The molecule has 1 aliphatic heterocycles. The SMILES string of the molecule is COCC1CCN(Cc2csc(C(C)N)n2)CC1. The summed E-state index contributed by atoms with van der Waals surface area (Å²) in [7, 11) is 1.79. The highest BCUT2D eigenvalue weighted by molar-refractivity contribution is 7.09. The standard InChI is InChI=1S/C13H23N3OS/c1-10(14)13-15-12(9-18-13)7-16-5-3-11(4-6-16)8-17-2/h9-11H,3-8,14H2,1-2H3. The first kappa shape index (κ1) is 13.9. The topological polar surface area (TPSA) is 51.4 Å². The summed E-state index contributed by atoms with van der Waals surface area (Å²) < 4.78 is 5.22. The molecule has 0 spiro atoms. The maximum atomic E-state index is 5.83. The van der Waals surface area contributed by atoms with Gasteiger partial charge in [0.15, 0.2) is 0 Å². The van der Waals surface area contributed by atoms with Crippen molar-refractivity contribution in [1.82, 2.24) is 9.88 Å². The molecule has 2 heterocycles. The quantitative estimate of drug-likeness (QED) is 0.888. The number of methoxy groups -OCH3 is 1. The van der Waals surface area contributed by atoms with Gasteiger partial charge in [-0.05, 0) is 38.8 Å². The molecule has 0 bridgehead atoms. The molecule has 1 aromatic rings. The lowest BCUT2D eigenvalue weighted by Gasteiger charge is -2.31. The van der Waals surface area contributed by atoms with Crippen LogP contribution in [0.4, 0.5) is 0 Å². The van der Waals surface area contributed by atoms with Crippen molar-refractivity contribution in [3.63, 3.8) is 0 Å². The van der Waals surface area contributed by atoms with Gasteiger partial charge >= 0.3 is 0 Å². The number of aromatic nitrogens is 1. The molecule has 0 radical (unpaired) electrons. The van der Waals surface area contributed by atoms with Gasteiger partial charge < -0.3 is 10.5 Å². The zero-order valence-corrected chi connectivity index (χ0v) is 12.1. The summed E-state index contributed by atoms with van der Waals surface area (Å²) in [5.41, 5.74) is 7.00. The van der Waals surface area contributed by atoms with Crippen LogP contribution in [0.25, 0.3) is 0 Å². The molecule has 1 atom stereocenters. The molecule has 1 aliphatic rings. The average molecular weight is 269 g/mol. The van der Waals surface area contributed by atoms with E-state index in [9.17, 15) is 0 Å². The third-order valence-corrected chi connectivity index (χ3v) is 4.55. The third kappa shape index (κ3) is 3.75. The molecule has 102 valence electrons. The molecule has 1 fully saturated rings. The van der Waals surface area contributed by atoms with Gasteiger partial charge in [-0.1, -0.05) is 0 Å². The van der Waals surface area contributed by atoms with Crippen molar-refractivity contribution in [2.75, 3.05) is 26.8 Å². The van der Waals surface area contributed by atoms with E-state index in [-0.39, 0.29) is 6.04 Å². The van der Waals surface area contributed by atoms with Crippen LogP contribution in [-0.4, -0.2) is 36.7 Å². The molecule has 18 heavy (non-hydrogen) atoms. The predicted molar refractivity (Wildman–Crippen MR) is 74.6 cm³/mol. The Morgan fingerprint density at radius 1 is 1.56 bits per heavy atom. The number of thiazole rings is 1. The lowest BCUT2D eigenvalue weighted by atomic mass is 9.98. The van der Waals surface area contributed by atoms with Crippen LogP contribution in [0, 0.1) is 5.92 Å². The molecule has 2 rings (SSSR count). The lowest BCUT2D eigenvalue weighted by Crippen LogP contribution is -2.34. The van der Waals surface area contributed by atoms with E-state index in [4.69, 9.17) is 10.5 Å². The minimum Gasteiger partial charge on any atom is -0.384 e. The molecule has 1 saturated heterocycles. The Hall–Kier alpha value is -0.490. The maximum absolute atomic E-state index is 5.83. The van der Waals surface area contributed by atoms with Crippen LogP contribution in [0.5, 0.6) is 0 Å². The highest BCUT2D eigenvalue weighted by Crippen LogP contribution is 2.21. The number of piperidine rings is 1. The largest absolute Gasteiger partial charge is 0.384 e. The van der Waals surface area contributed by atoms with Crippen molar-refractivity contribution in [2.24, 2.45) is 11.7 Å². The molecule has 0 aromatic carbocycles. The summed E-state index contributed by atoms with van der Waals surface area (Å²) in [6.07, 6.45) is 2.47. The van der Waals surface area contributed by atoms with Crippen LogP contribution in [0.15, 0.2) is 5.38 Å². The Bertz CT molecular complexity index is 359. The number of hydrogen-bond acceptors (Lipinski definition) is 5. The Labute approximate surface area is 113 Å². The monoisotopic (exact) mass is 269 g/mol. The molecular weight excluding hydrogens is 246 g/mol. The Morgan fingerprint density at radius 3 is 2.83 bits per heavy atom. The van der Waals surface area contributed by atoms with Crippen LogP contribution < -0.4 is 5.73 Å². The second-order valence-electron chi connectivity index (χ2n) is 5.14. The third-order valence-electron chi connectivity index (χ3n) is 3.45. The van der Waals surface area contributed by atoms with E-state index in [1.165, 1.54) is 12.8 Å². The van der Waals surface area contributed by atoms with Crippen LogP contribution >= 0.6 is 11.3 Å². The fourth-order valence-electron chi connectivity index (χ4n) is 2.38. The Morgan fingerprint density at radius 2 is 2.28 bits per heavy atom. The Balaban J connectivity index is 1.80. The van der Waals surface area contributed by atoms with Crippen molar-refractivity contribution in [1.29, 1.82) is 0 Å². The van der Waals surface area contributed by atoms with Gasteiger partial charge in [0.25, 0.3) is 0 Å². The number of rotatable bonds is 5. The summed E-state index contributed by atoms with van der Waals surface area (Å²) in [5, 5.41) is 3.18. The second kappa shape index (κ2) is 6.61. The molecule has 4 nitrogen and oxygen atoms in total. The number of nitrogens with zero attached hydrogens (tertiary/aromatic N) is 2. The minimum absolute atomic E-state index is 0.0520. The highest BCUT2D eigenvalue weighted by Gasteiger charge is 2.19. The number of ether oxygens (including phenoxy) is 1. The van der Waals surface area contributed by atoms with Crippen molar-refractivity contribution in [3.05, 3.63) is 16.1 Å². The van der Waals surface area contributed by atoms with Crippen LogP contribution in [0.3, 0.4) is 0 Å². The zero-order valence-electron chi connectivity index (χ0n) is 11.3. The van der Waals surface area contributed by atoms with Gasteiger partial charge in [0.1, 0.15) is 5.01 Å². The first-order chi connectivity index (χ1) is 8.69. The normalized spacial score (nSPS) is 20.2. The predicted octanol–water partition coefficient (Wildman–Crippen LogP) is 2.02. The van der Waals surface area contributed by atoms with Gasteiger partial charge in [-0.25, -0.2) is 4.98 Å². The molecule has 0 saturated carbocycles. The first-order valence-electron chi connectivity index (χ1n) is 6.60. The smallest absolute Gasteiger partial charge is 0.109 e. The van der Waals surface area contributed by atoms with Gasteiger partial charge in [0.2, 0.25) is 0 Å². The summed E-state index contributed by atoms with van der Waals surface area (Å²) in [5.74, 6) is 0.737. The van der Waals surface area contributed by atoms with Gasteiger partial charge in [-0.3, -0.25) is 4.90 Å². The van der Waals surface area contributed by atoms with Crippen LogP contribution in [-0.2, 0) is 11.3 Å².